The van der Waals surface area contributed by atoms with E-state index >= 15 is 0 Å². The lowest BCUT2D eigenvalue weighted by atomic mass is 10.1. The minimum Gasteiger partial charge on any atom is -0.506 e. The van der Waals surface area contributed by atoms with E-state index in [-0.39, 0.29) is 17.2 Å². The zero-order chi connectivity index (χ0) is 25.5. The zero-order valence-electron chi connectivity index (χ0n) is 20.8. The molecule has 3 N–H and O–H groups in total. The van der Waals surface area contributed by atoms with Gasteiger partial charge in [-0.05, 0) is 57.2 Å². The molecule has 1 amide bonds. The Bertz CT molecular complexity index is 1250. The standard InChI is InChI=1S/C28H31N5O3/c1-28(2,3)32-24-15-21(16-25(34)26(24)31-27(35)22-5-4-10-29-18-22)7-6-20-8-9-23(30-17-20)19-33-11-13-36-14-12-33/h4-5,8-10,15-18,32,34H,11-14,19H2,1-3H3,(H,31,35). The number of nitrogens with zero attached hydrogens (tertiary/aromatic N) is 3. The molecule has 36 heavy (non-hydrogen) atoms. The molecule has 1 aliphatic heterocycles. The number of amides is 1. The molecule has 0 radical (unpaired) electrons. The third-order valence-corrected chi connectivity index (χ3v) is 5.45. The number of hydrogen-bond donors (Lipinski definition) is 3. The lowest BCUT2D eigenvalue weighted by molar-refractivity contribution is 0.0336. The van der Waals surface area contributed by atoms with Crippen LogP contribution in [-0.4, -0.2) is 57.7 Å². The largest absolute Gasteiger partial charge is 0.506 e. The summed E-state index contributed by atoms with van der Waals surface area (Å²) < 4.78 is 5.39. The van der Waals surface area contributed by atoms with Gasteiger partial charge >= 0.3 is 0 Å². The monoisotopic (exact) mass is 485 g/mol. The van der Waals surface area contributed by atoms with Gasteiger partial charge in [-0.15, -0.1) is 0 Å². The van der Waals surface area contributed by atoms with Gasteiger partial charge in [-0.3, -0.25) is 19.7 Å². The Morgan fingerprint density at radius 3 is 2.56 bits per heavy atom. The van der Waals surface area contributed by atoms with Crippen molar-refractivity contribution in [1.82, 2.24) is 14.9 Å². The molecule has 0 bridgehead atoms. The molecule has 0 atom stereocenters. The topological polar surface area (TPSA) is 99.6 Å². The van der Waals surface area contributed by atoms with Crippen LogP contribution in [0.25, 0.3) is 0 Å². The minimum atomic E-state index is -0.363. The summed E-state index contributed by atoms with van der Waals surface area (Å²) in [7, 11) is 0. The summed E-state index contributed by atoms with van der Waals surface area (Å²) in [5, 5.41) is 16.9. The molecule has 1 aromatic carbocycles. The molecule has 0 aliphatic carbocycles. The average molecular weight is 486 g/mol. The summed E-state index contributed by atoms with van der Waals surface area (Å²) in [6, 6.07) is 10.6. The number of carbonyl (C=O) groups excluding carboxylic acids is 1. The number of morpholine rings is 1. The third-order valence-electron chi connectivity index (χ3n) is 5.45. The van der Waals surface area contributed by atoms with Crippen LogP contribution in [0.3, 0.4) is 0 Å². The van der Waals surface area contributed by atoms with E-state index < -0.39 is 0 Å². The summed E-state index contributed by atoms with van der Waals surface area (Å²) >= 11 is 0. The van der Waals surface area contributed by atoms with Crippen LogP contribution in [0.5, 0.6) is 5.75 Å². The fourth-order valence-electron chi connectivity index (χ4n) is 3.74. The molecule has 2 aromatic heterocycles. The molecule has 0 saturated carbocycles. The van der Waals surface area contributed by atoms with Crippen molar-refractivity contribution < 1.29 is 14.6 Å². The maximum Gasteiger partial charge on any atom is 0.257 e. The molecule has 3 aromatic rings. The Hall–Kier alpha value is -3.93. The number of carbonyl (C=O) groups is 1. The molecule has 0 spiro atoms. The predicted octanol–water partition coefficient (Wildman–Crippen LogP) is 3.88. The summed E-state index contributed by atoms with van der Waals surface area (Å²) in [5.74, 6) is 5.77. The molecule has 4 rings (SSSR count). The van der Waals surface area contributed by atoms with Gasteiger partial charge in [-0.25, -0.2) is 0 Å². The van der Waals surface area contributed by atoms with Crippen LogP contribution in [-0.2, 0) is 11.3 Å². The van der Waals surface area contributed by atoms with E-state index in [0.29, 0.717) is 22.5 Å². The van der Waals surface area contributed by atoms with Gasteiger partial charge < -0.3 is 20.5 Å². The number of anilines is 2. The Morgan fingerprint density at radius 2 is 1.89 bits per heavy atom. The number of pyridine rings is 2. The van der Waals surface area contributed by atoms with Crippen molar-refractivity contribution in [3.63, 3.8) is 0 Å². The van der Waals surface area contributed by atoms with E-state index in [1.165, 1.54) is 6.20 Å². The normalized spacial score (nSPS) is 14.0. The first-order valence-corrected chi connectivity index (χ1v) is 11.9. The van der Waals surface area contributed by atoms with Crippen molar-refractivity contribution in [2.45, 2.75) is 32.9 Å². The second-order valence-electron chi connectivity index (χ2n) is 9.67. The van der Waals surface area contributed by atoms with E-state index in [2.05, 4.69) is 37.3 Å². The maximum absolute atomic E-state index is 12.7. The fourth-order valence-corrected chi connectivity index (χ4v) is 3.74. The highest BCUT2D eigenvalue weighted by Gasteiger charge is 2.18. The number of ether oxygens (including phenoxy) is 1. The van der Waals surface area contributed by atoms with Crippen molar-refractivity contribution in [3.8, 4) is 17.6 Å². The van der Waals surface area contributed by atoms with Gasteiger partial charge in [0.05, 0.1) is 30.2 Å². The van der Waals surface area contributed by atoms with E-state index in [1.54, 1.807) is 30.6 Å². The van der Waals surface area contributed by atoms with E-state index in [9.17, 15) is 9.90 Å². The van der Waals surface area contributed by atoms with Gasteiger partial charge in [0.1, 0.15) is 11.4 Å². The van der Waals surface area contributed by atoms with Crippen LogP contribution in [0.1, 0.15) is 48.0 Å². The molecule has 186 valence electrons. The smallest absolute Gasteiger partial charge is 0.257 e. The number of nitrogens with one attached hydrogen (secondary N) is 2. The molecule has 8 nitrogen and oxygen atoms in total. The minimum absolute atomic E-state index is 0.0789. The van der Waals surface area contributed by atoms with Gasteiger partial charge in [-0.2, -0.15) is 0 Å². The fraction of sp³-hybridized carbons (Fsp3) is 0.321. The SMILES string of the molecule is CC(C)(C)Nc1cc(C#Cc2ccc(CN3CCOCC3)nc2)cc(O)c1NC(=O)c1cccnc1. The van der Waals surface area contributed by atoms with Crippen molar-refractivity contribution in [3.05, 3.63) is 77.4 Å². The number of phenolic OH excluding ortho intramolecular Hbond substituents is 1. The average Bonchev–Trinajstić information content (AvgIpc) is 2.86. The van der Waals surface area contributed by atoms with E-state index in [4.69, 9.17) is 4.74 Å². The van der Waals surface area contributed by atoms with E-state index in [1.807, 2.05) is 39.0 Å². The van der Waals surface area contributed by atoms with Gasteiger partial charge in [-0.1, -0.05) is 11.8 Å². The van der Waals surface area contributed by atoms with Crippen molar-refractivity contribution in [2.75, 3.05) is 36.9 Å². The second kappa shape index (κ2) is 11.2. The maximum atomic E-state index is 12.7. The first-order chi connectivity index (χ1) is 17.3. The zero-order valence-corrected chi connectivity index (χ0v) is 20.8. The van der Waals surface area contributed by atoms with Gasteiger partial charge in [0.15, 0.2) is 0 Å². The van der Waals surface area contributed by atoms with Gasteiger partial charge in [0, 0.05) is 54.9 Å². The number of phenols is 1. The molecule has 1 fully saturated rings. The van der Waals surface area contributed by atoms with Crippen LogP contribution in [0.4, 0.5) is 11.4 Å². The van der Waals surface area contributed by atoms with Crippen LogP contribution in [0.2, 0.25) is 0 Å². The number of aromatic hydroxyl groups is 1. The van der Waals surface area contributed by atoms with Crippen LogP contribution >= 0.6 is 0 Å². The third kappa shape index (κ3) is 7.04. The molecule has 1 saturated heterocycles. The lowest BCUT2D eigenvalue weighted by Crippen LogP contribution is -2.35. The first kappa shape index (κ1) is 25.2. The highest BCUT2D eigenvalue weighted by atomic mass is 16.5. The van der Waals surface area contributed by atoms with Crippen LogP contribution in [0.15, 0.2) is 55.0 Å². The van der Waals surface area contributed by atoms with Crippen molar-refractivity contribution >= 4 is 17.3 Å². The Kier molecular flexibility index (Phi) is 7.84. The van der Waals surface area contributed by atoms with Crippen LogP contribution in [0, 0.1) is 11.8 Å². The molecule has 0 unspecified atom stereocenters. The Labute approximate surface area is 211 Å². The quantitative estimate of drug-likeness (QED) is 0.373. The Balaban J connectivity index is 1.54. The summed E-state index contributed by atoms with van der Waals surface area (Å²) in [4.78, 5) is 23.5. The Morgan fingerprint density at radius 1 is 1.11 bits per heavy atom. The van der Waals surface area contributed by atoms with Gasteiger partial charge in [0.25, 0.3) is 5.91 Å². The van der Waals surface area contributed by atoms with Crippen LogP contribution < -0.4 is 10.6 Å². The van der Waals surface area contributed by atoms with Crippen molar-refractivity contribution in [2.24, 2.45) is 0 Å². The lowest BCUT2D eigenvalue weighted by Gasteiger charge is -2.26. The predicted molar refractivity (Wildman–Crippen MR) is 140 cm³/mol. The number of benzene rings is 1. The molecular weight excluding hydrogens is 454 g/mol. The molecule has 1 aliphatic rings. The summed E-state index contributed by atoms with van der Waals surface area (Å²) in [5.41, 5.74) is 3.32. The highest BCUT2D eigenvalue weighted by molar-refractivity contribution is 6.06. The number of hydrogen-bond acceptors (Lipinski definition) is 7. The number of aromatic nitrogens is 2. The first-order valence-electron chi connectivity index (χ1n) is 11.9. The molecular formula is C28H31N5O3. The van der Waals surface area contributed by atoms with Gasteiger partial charge in [0.2, 0.25) is 0 Å². The molecule has 8 heteroatoms. The summed E-state index contributed by atoms with van der Waals surface area (Å²) in [6.45, 7) is 10.1. The van der Waals surface area contributed by atoms with E-state index in [0.717, 1.165) is 44.1 Å². The highest BCUT2D eigenvalue weighted by Crippen LogP contribution is 2.35. The van der Waals surface area contributed by atoms with Crippen molar-refractivity contribution in [1.29, 1.82) is 0 Å². The second-order valence-corrected chi connectivity index (χ2v) is 9.67. The number of rotatable bonds is 5. The summed E-state index contributed by atoms with van der Waals surface area (Å²) in [6.07, 6.45) is 4.84. The molecule has 3 heterocycles.